The average Bonchev–Trinajstić information content (AvgIpc) is 2.56. The van der Waals surface area contributed by atoms with E-state index in [1.54, 1.807) is 31.2 Å². The molecule has 0 fully saturated rings. The van der Waals surface area contributed by atoms with Crippen LogP contribution in [0.2, 0.25) is 0 Å². The molecule has 0 unspecified atom stereocenters. The van der Waals surface area contributed by atoms with Crippen molar-refractivity contribution >= 4 is 17.6 Å². The van der Waals surface area contributed by atoms with E-state index in [-0.39, 0.29) is 24.6 Å². The number of ether oxygens (including phenoxy) is 1. The largest absolute Gasteiger partial charge is 0.462 e. The number of aliphatic hydroxyl groups excluding tert-OH is 1. The second-order valence-corrected chi connectivity index (χ2v) is 5.29. The van der Waals surface area contributed by atoms with Crippen LogP contribution >= 0.6 is 0 Å². The molecule has 3 N–H and O–H groups in total. The van der Waals surface area contributed by atoms with Crippen LogP contribution in [0.4, 0.5) is 11.6 Å². The number of hydrogen-bond acceptors (Lipinski definition) is 6. The van der Waals surface area contributed by atoms with Gasteiger partial charge in [0, 0.05) is 24.3 Å². The topological polar surface area (TPSA) is 104 Å². The van der Waals surface area contributed by atoms with Crippen molar-refractivity contribution < 1.29 is 14.6 Å². The first-order valence-corrected chi connectivity index (χ1v) is 7.80. The first-order chi connectivity index (χ1) is 11.5. The molecule has 0 atom stereocenters. The highest BCUT2D eigenvalue weighted by Crippen LogP contribution is 2.15. The number of aromatic amines is 1. The molecule has 0 aliphatic carbocycles. The number of anilines is 2. The monoisotopic (exact) mass is 331 g/mol. The molecule has 128 valence electrons. The molecule has 0 saturated carbocycles. The SMILES string of the molecule is CCCOC(=O)c1ccc(Nc2nc(C)c(CCO)c(=O)[nH]2)cc1. The highest BCUT2D eigenvalue weighted by molar-refractivity contribution is 5.89. The Hall–Kier alpha value is -2.67. The zero-order valence-electron chi connectivity index (χ0n) is 13.8. The number of carbonyl (C=O) groups is 1. The Bertz CT molecular complexity index is 753. The van der Waals surface area contributed by atoms with Crippen molar-refractivity contribution in [3.8, 4) is 0 Å². The molecule has 1 aromatic heterocycles. The summed E-state index contributed by atoms with van der Waals surface area (Å²) >= 11 is 0. The molecule has 7 nitrogen and oxygen atoms in total. The molecular weight excluding hydrogens is 310 g/mol. The molecule has 1 heterocycles. The fraction of sp³-hybridized carbons (Fsp3) is 0.353. The van der Waals surface area contributed by atoms with E-state index in [4.69, 9.17) is 9.84 Å². The van der Waals surface area contributed by atoms with Crippen molar-refractivity contribution in [2.75, 3.05) is 18.5 Å². The zero-order valence-corrected chi connectivity index (χ0v) is 13.8. The number of carbonyl (C=O) groups excluding carboxylic acids is 1. The molecule has 1 aromatic carbocycles. The fourth-order valence-corrected chi connectivity index (χ4v) is 2.18. The fourth-order valence-electron chi connectivity index (χ4n) is 2.18. The molecule has 24 heavy (non-hydrogen) atoms. The van der Waals surface area contributed by atoms with E-state index in [0.29, 0.717) is 35.1 Å². The van der Waals surface area contributed by atoms with Crippen LogP contribution in [0.3, 0.4) is 0 Å². The standard InChI is InChI=1S/C17H21N3O4/c1-3-10-24-16(23)12-4-6-13(7-5-12)19-17-18-11(2)14(8-9-21)15(22)20-17/h4-7,21H,3,8-10H2,1-2H3,(H2,18,19,20,22). The van der Waals surface area contributed by atoms with Gasteiger partial charge >= 0.3 is 5.97 Å². The van der Waals surface area contributed by atoms with Gasteiger partial charge in [-0.15, -0.1) is 0 Å². The number of H-pyrrole nitrogens is 1. The number of nitrogens with zero attached hydrogens (tertiary/aromatic N) is 1. The zero-order chi connectivity index (χ0) is 17.5. The van der Waals surface area contributed by atoms with Crippen LogP contribution in [0.15, 0.2) is 29.1 Å². The number of aromatic nitrogens is 2. The smallest absolute Gasteiger partial charge is 0.338 e. The van der Waals surface area contributed by atoms with Crippen molar-refractivity contribution in [3.63, 3.8) is 0 Å². The van der Waals surface area contributed by atoms with E-state index < -0.39 is 0 Å². The summed E-state index contributed by atoms with van der Waals surface area (Å²) < 4.78 is 5.06. The van der Waals surface area contributed by atoms with Crippen molar-refractivity contribution in [2.24, 2.45) is 0 Å². The second-order valence-electron chi connectivity index (χ2n) is 5.29. The third kappa shape index (κ3) is 4.42. The van der Waals surface area contributed by atoms with Crippen LogP contribution in [0.1, 0.15) is 35.0 Å². The Balaban J connectivity index is 2.11. The van der Waals surface area contributed by atoms with Crippen LogP contribution in [0.25, 0.3) is 0 Å². The van der Waals surface area contributed by atoms with E-state index in [1.165, 1.54) is 0 Å². The molecule has 0 amide bonds. The quantitative estimate of drug-likeness (QED) is 0.670. The summed E-state index contributed by atoms with van der Waals surface area (Å²) in [6.45, 7) is 3.94. The first kappa shape index (κ1) is 17.7. The van der Waals surface area contributed by atoms with E-state index in [0.717, 1.165) is 6.42 Å². The summed E-state index contributed by atoms with van der Waals surface area (Å²) in [5.41, 5.74) is 1.90. The van der Waals surface area contributed by atoms with Crippen LogP contribution in [0.5, 0.6) is 0 Å². The Kier molecular flexibility index (Phi) is 6.08. The number of nitrogens with one attached hydrogen (secondary N) is 2. The van der Waals surface area contributed by atoms with E-state index in [1.807, 2.05) is 6.92 Å². The third-order valence-corrected chi connectivity index (χ3v) is 3.40. The minimum absolute atomic E-state index is 0.103. The van der Waals surface area contributed by atoms with Crippen molar-refractivity contribution in [1.29, 1.82) is 0 Å². The van der Waals surface area contributed by atoms with Gasteiger partial charge in [-0.05, 0) is 37.6 Å². The third-order valence-electron chi connectivity index (χ3n) is 3.40. The molecule has 0 saturated heterocycles. The molecule has 0 radical (unpaired) electrons. The van der Waals surface area contributed by atoms with Crippen molar-refractivity contribution in [1.82, 2.24) is 9.97 Å². The number of aryl methyl sites for hydroxylation is 1. The number of aliphatic hydroxyl groups is 1. The maximum absolute atomic E-state index is 12.0. The van der Waals surface area contributed by atoms with Gasteiger partial charge in [-0.25, -0.2) is 9.78 Å². The van der Waals surface area contributed by atoms with E-state index in [9.17, 15) is 9.59 Å². The molecular formula is C17H21N3O4. The van der Waals surface area contributed by atoms with E-state index >= 15 is 0 Å². The first-order valence-electron chi connectivity index (χ1n) is 7.80. The van der Waals surface area contributed by atoms with Gasteiger partial charge < -0.3 is 15.2 Å². The number of hydrogen-bond donors (Lipinski definition) is 3. The lowest BCUT2D eigenvalue weighted by molar-refractivity contribution is 0.0505. The Morgan fingerprint density at radius 1 is 1.33 bits per heavy atom. The molecule has 0 spiro atoms. The summed E-state index contributed by atoms with van der Waals surface area (Å²) in [5.74, 6) is -0.0559. The second kappa shape index (κ2) is 8.26. The highest BCUT2D eigenvalue weighted by Gasteiger charge is 2.09. The lowest BCUT2D eigenvalue weighted by Gasteiger charge is -2.09. The van der Waals surface area contributed by atoms with Crippen molar-refractivity contribution in [3.05, 3.63) is 51.4 Å². The van der Waals surface area contributed by atoms with E-state index in [2.05, 4.69) is 15.3 Å². The minimum atomic E-state index is -0.362. The molecule has 2 rings (SSSR count). The van der Waals surface area contributed by atoms with Gasteiger partial charge in [0.1, 0.15) is 0 Å². The maximum atomic E-state index is 12.0. The van der Waals surface area contributed by atoms with Gasteiger partial charge in [0.2, 0.25) is 5.95 Å². The van der Waals surface area contributed by atoms with Crippen LogP contribution in [-0.2, 0) is 11.2 Å². The number of rotatable bonds is 7. The van der Waals surface area contributed by atoms with Gasteiger partial charge in [-0.2, -0.15) is 0 Å². The molecule has 0 aliphatic heterocycles. The summed E-state index contributed by atoms with van der Waals surface area (Å²) in [6, 6.07) is 6.70. The summed E-state index contributed by atoms with van der Waals surface area (Å²) in [5, 5.41) is 11.9. The Morgan fingerprint density at radius 2 is 2.04 bits per heavy atom. The average molecular weight is 331 g/mol. The van der Waals surface area contributed by atoms with Crippen molar-refractivity contribution in [2.45, 2.75) is 26.7 Å². The predicted molar refractivity (Wildman–Crippen MR) is 90.7 cm³/mol. The Labute approximate surface area is 139 Å². The molecule has 2 aromatic rings. The lowest BCUT2D eigenvalue weighted by Crippen LogP contribution is -2.19. The van der Waals surface area contributed by atoms with Crippen LogP contribution in [0, 0.1) is 6.92 Å². The number of esters is 1. The van der Waals surface area contributed by atoms with Gasteiger partial charge in [0.15, 0.2) is 0 Å². The van der Waals surface area contributed by atoms with Gasteiger partial charge in [-0.3, -0.25) is 9.78 Å². The van der Waals surface area contributed by atoms with Gasteiger partial charge in [0.05, 0.1) is 17.9 Å². The molecule has 0 aliphatic rings. The Morgan fingerprint density at radius 3 is 2.62 bits per heavy atom. The van der Waals surface area contributed by atoms with Gasteiger partial charge in [0.25, 0.3) is 5.56 Å². The molecule has 0 bridgehead atoms. The summed E-state index contributed by atoms with van der Waals surface area (Å²) in [7, 11) is 0. The van der Waals surface area contributed by atoms with Crippen LogP contribution < -0.4 is 10.9 Å². The van der Waals surface area contributed by atoms with Gasteiger partial charge in [-0.1, -0.05) is 6.92 Å². The molecule has 7 heteroatoms. The van der Waals surface area contributed by atoms with Crippen LogP contribution in [-0.4, -0.2) is 34.3 Å². The normalized spacial score (nSPS) is 10.5. The minimum Gasteiger partial charge on any atom is -0.462 e. The number of benzene rings is 1. The summed E-state index contributed by atoms with van der Waals surface area (Å²) in [4.78, 5) is 30.6. The highest BCUT2D eigenvalue weighted by atomic mass is 16.5. The maximum Gasteiger partial charge on any atom is 0.338 e. The summed E-state index contributed by atoms with van der Waals surface area (Å²) in [6.07, 6.45) is 1.04. The lowest BCUT2D eigenvalue weighted by atomic mass is 10.2. The predicted octanol–water partition coefficient (Wildman–Crippen LogP) is 1.92.